The molecule has 1 rings (SSSR count). The summed E-state index contributed by atoms with van der Waals surface area (Å²) in [5.41, 5.74) is 1.36. The van der Waals surface area contributed by atoms with Crippen LogP contribution in [0.25, 0.3) is 0 Å². The second-order valence-electron chi connectivity index (χ2n) is 6.98. The zero-order valence-electron chi connectivity index (χ0n) is 16.1. The van der Waals surface area contributed by atoms with Crippen LogP contribution in [0.3, 0.4) is 0 Å². The molecule has 0 saturated heterocycles. The molecule has 0 saturated carbocycles. The minimum atomic E-state index is -0.888. The Morgan fingerprint density at radius 1 is 0.880 bits per heavy atom. The van der Waals surface area contributed by atoms with E-state index in [1.165, 1.54) is 64.2 Å². The minimum absolute atomic E-state index is 0.0194. The molecular formula is C22H36O3. The summed E-state index contributed by atoms with van der Waals surface area (Å²) in [4.78, 5) is 10.8. The number of hydrogen-bond donors (Lipinski definition) is 1. The van der Waals surface area contributed by atoms with Crippen LogP contribution in [0, 0.1) is 0 Å². The Morgan fingerprint density at radius 3 is 1.84 bits per heavy atom. The van der Waals surface area contributed by atoms with E-state index in [0.29, 0.717) is 5.56 Å². The molecule has 0 bridgehead atoms. The lowest BCUT2D eigenvalue weighted by molar-refractivity contribution is 0.0624. The number of unbranched alkanes of at least 4 members (excludes halogenated alkanes) is 10. The first-order valence-corrected chi connectivity index (χ1v) is 10.1. The zero-order valence-corrected chi connectivity index (χ0v) is 16.1. The molecule has 25 heavy (non-hydrogen) atoms. The molecule has 0 heterocycles. The fourth-order valence-corrected chi connectivity index (χ4v) is 3.02. The molecule has 1 unspecified atom stereocenters. The summed E-state index contributed by atoms with van der Waals surface area (Å²) in [6, 6.07) is 6.96. The summed E-state index contributed by atoms with van der Waals surface area (Å²) < 4.78 is 5.86. The molecule has 1 aromatic carbocycles. The van der Waals surface area contributed by atoms with Crippen molar-refractivity contribution in [1.29, 1.82) is 0 Å². The highest BCUT2D eigenvalue weighted by molar-refractivity contribution is 5.87. The van der Waals surface area contributed by atoms with Gasteiger partial charge in [-0.3, -0.25) is 0 Å². The van der Waals surface area contributed by atoms with Gasteiger partial charge in [-0.2, -0.15) is 0 Å². The normalized spacial score (nSPS) is 12.2. The fourth-order valence-electron chi connectivity index (χ4n) is 3.02. The highest BCUT2D eigenvalue weighted by Crippen LogP contribution is 2.18. The standard InChI is InChI=1S/C22H36O3/c1-3-4-5-6-7-8-9-10-11-12-13-18-25-19(2)20-14-16-21(17-15-20)22(23)24/h14-17,19H,3-13,18H2,1-2H3,(H,23,24). The summed E-state index contributed by atoms with van der Waals surface area (Å²) in [6.07, 6.45) is 14.7. The van der Waals surface area contributed by atoms with Crippen molar-refractivity contribution in [3.05, 3.63) is 35.4 Å². The van der Waals surface area contributed by atoms with Crippen LogP contribution in [0.4, 0.5) is 0 Å². The van der Waals surface area contributed by atoms with Crippen molar-refractivity contribution in [3.8, 4) is 0 Å². The summed E-state index contributed by atoms with van der Waals surface area (Å²) in [5.74, 6) is -0.888. The highest BCUT2D eigenvalue weighted by Gasteiger charge is 2.07. The highest BCUT2D eigenvalue weighted by atomic mass is 16.5. The van der Waals surface area contributed by atoms with E-state index in [2.05, 4.69) is 6.92 Å². The quantitative estimate of drug-likeness (QED) is 0.356. The first kappa shape index (κ1) is 21.7. The van der Waals surface area contributed by atoms with Gasteiger partial charge < -0.3 is 9.84 Å². The first-order valence-electron chi connectivity index (χ1n) is 10.1. The van der Waals surface area contributed by atoms with Crippen LogP contribution in [-0.4, -0.2) is 17.7 Å². The fraction of sp³-hybridized carbons (Fsp3) is 0.682. The van der Waals surface area contributed by atoms with Crippen molar-refractivity contribution in [2.24, 2.45) is 0 Å². The summed E-state index contributed by atoms with van der Waals surface area (Å²) in [5, 5.41) is 8.91. The van der Waals surface area contributed by atoms with Gasteiger partial charge in [-0.25, -0.2) is 4.79 Å². The van der Waals surface area contributed by atoms with Gasteiger partial charge >= 0.3 is 5.97 Å². The molecule has 1 atom stereocenters. The topological polar surface area (TPSA) is 46.5 Å². The minimum Gasteiger partial charge on any atom is -0.478 e. The summed E-state index contributed by atoms with van der Waals surface area (Å²) in [7, 11) is 0. The molecule has 0 aliphatic heterocycles. The average Bonchev–Trinajstić information content (AvgIpc) is 2.62. The molecule has 1 aromatic rings. The maximum atomic E-state index is 10.8. The third-order valence-corrected chi connectivity index (χ3v) is 4.74. The van der Waals surface area contributed by atoms with Crippen LogP contribution in [-0.2, 0) is 4.74 Å². The van der Waals surface area contributed by atoms with Crippen molar-refractivity contribution in [2.45, 2.75) is 90.6 Å². The van der Waals surface area contributed by atoms with E-state index in [1.54, 1.807) is 12.1 Å². The van der Waals surface area contributed by atoms with Crippen LogP contribution in [0.15, 0.2) is 24.3 Å². The Bertz CT molecular complexity index is 453. The Hall–Kier alpha value is -1.35. The van der Waals surface area contributed by atoms with E-state index in [9.17, 15) is 4.79 Å². The maximum absolute atomic E-state index is 10.8. The van der Waals surface area contributed by atoms with Crippen molar-refractivity contribution in [1.82, 2.24) is 0 Å². The molecule has 3 nitrogen and oxygen atoms in total. The van der Waals surface area contributed by atoms with Crippen LogP contribution < -0.4 is 0 Å². The molecule has 1 N–H and O–H groups in total. The van der Waals surface area contributed by atoms with Gasteiger partial charge in [0.25, 0.3) is 0 Å². The van der Waals surface area contributed by atoms with Gasteiger partial charge in [0, 0.05) is 6.61 Å². The maximum Gasteiger partial charge on any atom is 0.335 e. The van der Waals surface area contributed by atoms with Crippen LogP contribution in [0.2, 0.25) is 0 Å². The number of aromatic carboxylic acids is 1. The van der Waals surface area contributed by atoms with E-state index in [-0.39, 0.29) is 6.10 Å². The molecule has 3 heteroatoms. The third-order valence-electron chi connectivity index (χ3n) is 4.74. The van der Waals surface area contributed by atoms with Gasteiger partial charge in [0.05, 0.1) is 11.7 Å². The number of carboxylic acids is 1. The van der Waals surface area contributed by atoms with Gasteiger partial charge in [-0.05, 0) is 31.0 Å². The molecule has 0 amide bonds. The van der Waals surface area contributed by atoms with E-state index in [1.807, 2.05) is 19.1 Å². The SMILES string of the molecule is CCCCCCCCCCCCCOC(C)c1ccc(C(=O)O)cc1. The molecule has 0 spiro atoms. The number of hydrogen-bond acceptors (Lipinski definition) is 2. The van der Waals surface area contributed by atoms with E-state index < -0.39 is 5.97 Å². The third kappa shape index (κ3) is 10.3. The lowest BCUT2D eigenvalue weighted by atomic mass is 10.1. The second-order valence-corrected chi connectivity index (χ2v) is 6.98. The van der Waals surface area contributed by atoms with Gasteiger partial charge in [0.15, 0.2) is 0 Å². The second kappa shape index (κ2) is 13.9. The predicted molar refractivity (Wildman–Crippen MR) is 104 cm³/mol. The number of ether oxygens (including phenoxy) is 1. The predicted octanol–water partition coefficient (Wildman–Crippen LogP) is 6.77. The van der Waals surface area contributed by atoms with E-state index in [4.69, 9.17) is 9.84 Å². The van der Waals surface area contributed by atoms with Crippen molar-refractivity contribution >= 4 is 5.97 Å². The van der Waals surface area contributed by atoms with E-state index in [0.717, 1.165) is 18.6 Å². The van der Waals surface area contributed by atoms with Crippen LogP contribution in [0.5, 0.6) is 0 Å². The molecule has 142 valence electrons. The Kier molecular flexibility index (Phi) is 12.0. The summed E-state index contributed by atoms with van der Waals surface area (Å²) >= 11 is 0. The monoisotopic (exact) mass is 348 g/mol. The Labute approximate surface area is 153 Å². The zero-order chi connectivity index (χ0) is 18.3. The lowest BCUT2D eigenvalue weighted by Crippen LogP contribution is -2.03. The number of carboxylic acid groups (broad SMARTS) is 1. The van der Waals surface area contributed by atoms with Gasteiger partial charge in [0.1, 0.15) is 0 Å². The van der Waals surface area contributed by atoms with Crippen molar-refractivity contribution < 1.29 is 14.6 Å². The van der Waals surface area contributed by atoms with E-state index >= 15 is 0 Å². The smallest absolute Gasteiger partial charge is 0.335 e. The number of benzene rings is 1. The molecule has 0 aromatic heterocycles. The number of rotatable bonds is 15. The van der Waals surface area contributed by atoms with Crippen molar-refractivity contribution in [3.63, 3.8) is 0 Å². The average molecular weight is 349 g/mol. The van der Waals surface area contributed by atoms with Crippen LogP contribution >= 0.6 is 0 Å². The Morgan fingerprint density at radius 2 is 1.36 bits per heavy atom. The van der Waals surface area contributed by atoms with Crippen molar-refractivity contribution in [2.75, 3.05) is 6.61 Å². The van der Waals surface area contributed by atoms with Crippen LogP contribution in [0.1, 0.15) is 107 Å². The first-order chi connectivity index (χ1) is 12.1. The van der Waals surface area contributed by atoms with Gasteiger partial charge in [0.2, 0.25) is 0 Å². The molecule has 0 radical (unpaired) electrons. The molecule has 0 aliphatic rings. The molecular weight excluding hydrogens is 312 g/mol. The largest absolute Gasteiger partial charge is 0.478 e. The van der Waals surface area contributed by atoms with Gasteiger partial charge in [-0.1, -0.05) is 83.3 Å². The number of carbonyl (C=O) groups is 1. The molecule has 0 aliphatic carbocycles. The van der Waals surface area contributed by atoms with Gasteiger partial charge in [-0.15, -0.1) is 0 Å². The Balaban J connectivity index is 1.98. The molecule has 0 fully saturated rings. The summed E-state index contributed by atoms with van der Waals surface area (Å²) in [6.45, 7) is 5.06. The lowest BCUT2D eigenvalue weighted by Gasteiger charge is -2.13.